The van der Waals surface area contributed by atoms with Gasteiger partial charge in [-0.05, 0) is 32.1 Å². The van der Waals surface area contributed by atoms with E-state index in [4.69, 9.17) is 9.84 Å². The van der Waals surface area contributed by atoms with Gasteiger partial charge >= 0.3 is 5.97 Å². The first-order valence-corrected chi connectivity index (χ1v) is 7.62. The molecule has 2 atom stereocenters. The molecule has 1 aliphatic heterocycles. The molecule has 1 saturated carbocycles. The molecule has 1 aliphatic carbocycles. The lowest BCUT2D eigenvalue weighted by molar-refractivity contribution is -0.136. The maximum Gasteiger partial charge on any atom is 0.316 e. The first-order valence-electron chi connectivity index (χ1n) is 6.67. The fraction of sp³-hybridized carbons (Fsp3) is 0.923. The molecule has 4 heteroatoms. The van der Waals surface area contributed by atoms with Gasteiger partial charge in [-0.25, -0.2) is 0 Å². The number of carbonyl (C=O) groups is 1. The highest BCUT2D eigenvalue weighted by atomic mass is 32.2. The van der Waals surface area contributed by atoms with E-state index >= 15 is 0 Å². The summed E-state index contributed by atoms with van der Waals surface area (Å²) in [4.78, 5) is 11.1. The zero-order valence-electron chi connectivity index (χ0n) is 10.5. The SMILES string of the molecule is CCC(SC1CCOC2(CCCC2)C1)C(=O)O. The summed E-state index contributed by atoms with van der Waals surface area (Å²) in [6.07, 6.45) is 7.67. The lowest BCUT2D eigenvalue weighted by atomic mass is 9.92. The number of rotatable bonds is 4. The van der Waals surface area contributed by atoms with E-state index in [1.54, 1.807) is 11.8 Å². The van der Waals surface area contributed by atoms with Crippen molar-refractivity contribution in [1.82, 2.24) is 0 Å². The van der Waals surface area contributed by atoms with Gasteiger partial charge in [-0.2, -0.15) is 0 Å². The molecule has 1 spiro atoms. The van der Waals surface area contributed by atoms with Crippen LogP contribution in [0.5, 0.6) is 0 Å². The summed E-state index contributed by atoms with van der Waals surface area (Å²) < 4.78 is 5.97. The molecule has 0 radical (unpaired) electrons. The van der Waals surface area contributed by atoms with Crippen LogP contribution in [-0.2, 0) is 9.53 Å². The highest BCUT2D eigenvalue weighted by Gasteiger charge is 2.40. The maximum atomic E-state index is 11.1. The first-order chi connectivity index (χ1) is 8.15. The van der Waals surface area contributed by atoms with Gasteiger partial charge in [0.25, 0.3) is 0 Å². The molecule has 2 unspecified atom stereocenters. The van der Waals surface area contributed by atoms with E-state index in [0.29, 0.717) is 11.7 Å². The molecule has 0 bridgehead atoms. The van der Waals surface area contributed by atoms with Gasteiger partial charge < -0.3 is 9.84 Å². The summed E-state index contributed by atoms with van der Waals surface area (Å²) in [6.45, 7) is 2.77. The van der Waals surface area contributed by atoms with Gasteiger partial charge in [-0.3, -0.25) is 4.79 Å². The van der Waals surface area contributed by atoms with Gasteiger partial charge in [0.2, 0.25) is 0 Å². The number of aliphatic carboxylic acids is 1. The number of thioether (sulfide) groups is 1. The van der Waals surface area contributed by atoms with Crippen molar-refractivity contribution < 1.29 is 14.6 Å². The molecular formula is C13H22O3S. The summed E-state index contributed by atoms with van der Waals surface area (Å²) in [5.74, 6) is -0.663. The van der Waals surface area contributed by atoms with E-state index < -0.39 is 5.97 Å². The Morgan fingerprint density at radius 1 is 1.53 bits per heavy atom. The summed E-state index contributed by atoms with van der Waals surface area (Å²) >= 11 is 1.66. The standard InChI is InChI=1S/C13H22O3S/c1-2-11(12(14)15)17-10-5-8-16-13(9-10)6-3-4-7-13/h10-11H,2-9H2,1H3,(H,14,15). The molecule has 1 saturated heterocycles. The third kappa shape index (κ3) is 3.16. The predicted molar refractivity (Wildman–Crippen MR) is 69.5 cm³/mol. The molecule has 0 amide bonds. The van der Waals surface area contributed by atoms with Crippen molar-refractivity contribution in [2.45, 2.75) is 68.0 Å². The fourth-order valence-corrected chi connectivity index (χ4v) is 4.43. The topological polar surface area (TPSA) is 46.5 Å². The number of carboxylic acids is 1. The quantitative estimate of drug-likeness (QED) is 0.841. The van der Waals surface area contributed by atoms with Crippen LogP contribution in [0.4, 0.5) is 0 Å². The van der Waals surface area contributed by atoms with Crippen molar-refractivity contribution in [2.24, 2.45) is 0 Å². The first kappa shape index (κ1) is 13.2. The van der Waals surface area contributed by atoms with E-state index in [2.05, 4.69) is 0 Å². The Bertz CT molecular complexity index is 274. The van der Waals surface area contributed by atoms with Crippen LogP contribution in [0.2, 0.25) is 0 Å². The fourth-order valence-electron chi connectivity index (χ4n) is 3.03. The van der Waals surface area contributed by atoms with Gasteiger partial charge in [0.1, 0.15) is 5.25 Å². The highest BCUT2D eigenvalue weighted by Crippen LogP contribution is 2.43. The lowest BCUT2D eigenvalue weighted by Crippen LogP contribution is -2.39. The van der Waals surface area contributed by atoms with Crippen molar-refractivity contribution in [3.05, 3.63) is 0 Å². The van der Waals surface area contributed by atoms with E-state index in [-0.39, 0.29) is 10.9 Å². The number of carboxylic acid groups (broad SMARTS) is 1. The summed E-state index contributed by atoms with van der Waals surface area (Å²) in [6, 6.07) is 0. The van der Waals surface area contributed by atoms with Crippen LogP contribution in [0.3, 0.4) is 0 Å². The highest BCUT2D eigenvalue weighted by molar-refractivity contribution is 8.01. The third-order valence-electron chi connectivity index (χ3n) is 3.97. The van der Waals surface area contributed by atoms with Crippen LogP contribution < -0.4 is 0 Å². The van der Waals surface area contributed by atoms with Gasteiger partial charge in [-0.15, -0.1) is 11.8 Å². The van der Waals surface area contributed by atoms with Crippen LogP contribution >= 0.6 is 11.8 Å². The van der Waals surface area contributed by atoms with Crippen LogP contribution in [-0.4, -0.2) is 33.8 Å². The molecular weight excluding hydrogens is 236 g/mol. The van der Waals surface area contributed by atoms with Gasteiger partial charge in [0.15, 0.2) is 0 Å². The van der Waals surface area contributed by atoms with E-state index in [0.717, 1.165) is 19.4 Å². The molecule has 1 N–H and O–H groups in total. The average molecular weight is 258 g/mol. The lowest BCUT2D eigenvalue weighted by Gasteiger charge is -2.38. The average Bonchev–Trinajstić information content (AvgIpc) is 2.74. The van der Waals surface area contributed by atoms with Crippen LogP contribution in [0.25, 0.3) is 0 Å². The van der Waals surface area contributed by atoms with Crippen LogP contribution in [0.1, 0.15) is 51.9 Å². The van der Waals surface area contributed by atoms with Crippen molar-refractivity contribution in [1.29, 1.82) is 0 Å². The van der Waals surface area contributed by atoms with Gasteiger partial charge in [0.05, 0.1) is 5.60 Å². The second-order valence-electron chi connectivity index (χ2n) is 5.22. The molecule has 17 heavy (non-hydrogen) atoms. The molecule has 2 aliphatic rings. The molecule has 0 aromatic carbocycles. The predicted octanol–water partition coefficient (Wildman–Crippen LogP) is 3.07. The van der Waals surface area contributed by atoms with Gasteiger partial charge in [0, 0.05) is 11.9 Å². The Morgan fingerprint density at radius 3 is 2.82 bits per heavy atom. The molecule has 98 valence electrons. The molecule has 1 heterocycles. The summed E-state index contributed by atoms with van der Waals surface area (Å²) in [5.41, 5.74) is 0.104. The van der Waals surface area contributed by atoms with Crippen LogP contribution in [0.15, 0.2) is 0 Å². The zero-order valence-corrected chi connectivity index (χ0v) is 11.3. The Morgan fingerprint density at radius 2 is 2.24 bits per heavy atom. The van der Waals surface area contributed by atoms with Crippen LogP contribution in [0, 0.1) is 0 Å². The van der Waals surface area contributed by atoms with Crippen molar-refractivity contribution in [3.63, 3.8) is 0 Å². The summed E-state index contributed by atoms with van der Waals surface area (Å²) in [7, 11) is 0. The smallest absolute Gasteiger partial charge is 0.316 e. The molecule has 0 aromatic heterocycles. The van der Waals surface area contributed by atoms with Crippen molar-refractivity contribution in [2.75, 3.05) is 6.61 Å². The maximum absolute atomic E-state index is 11.1. The number of hydrogen-bond donors (Lipinski definition) is 1. The largest absolute Gasteiger partial charge is 0.480 e. The minimum absolute atomic E-state index is 0.104. The van der Waals surface area contributed by atoms with E-state index in [1.807, 2.05) is 6.92 Å². The second-order valence-corrected chi connectivity index (χ2v) is 6.73. The number of hydrogen-bond acceptors (Lipinski definition) is 3. The van der Waals surface area contributed by atoms with Gasteiger partial charge in [-0.1, -0.05) is 19.8 Å². The minimum Gasteiger partial charge on any atom is -0.480 e. The van der Waals surface area contributed by atoms with Crippen molar-refractivity contribution in [3.8, 4) is 0 Å². The normalized spacial score (nSPS) is 29.4. The Balaban J connectivity index is 1.90. The van der Waals surface area contributed by atoms with E-state index in [9.17, 15) is 4.79 Å². The Hall–Kier alpha value is -0.220. The zero-order chi connectivity index (χ0) is 12.3. The van der Waals surface area contributed by atoms with E-state index in [1.165, 1.54) is 25.7 Å². The number of ether oxygens (including phenoxy) is 1. The summed E-state index contributed by atoms with van der Waals surface area (Å²) in [5, 5.41) is 9.34. The minimum atomic E-state index is -0.663. The molecule has 2 fully saturated rings. The monoisotopic (exact) mass is 258 g/mol. The molecule has 2 rings (SSSR count). The van der Waals surface area contributed by atoms with Crippen molar-refractivity contribution >= 4 is 17.7 Å². The Labute approximate surface area is 107 Å². The third-order valence-corrected chi connectivity index (χ3v) is 5.62. The molecule has 0 aromatic rings. The Kier molecular flexibility index (Phi) is 4.36. The molecule has 3 nitrogen and oxygen atoms in total. The second kappa shape index (κ2) is 5.61.